The minimum absolute atomic E-state index is 0.387. The van der Waals surface area contributed by atoms with Gasteiger partial charge in [-0.1, -0.05) is 78.9 Å². The Kier molecular flexibility index (Phi) is 5.36. The lowest BCUT2D eigenvalue weighted by molar-refractivity contribution is 0.462. The zero-order valence-electron chi connectivity index (χ0n) is 14.9. The Morgan fingerprint density at radius 1 is 0.750 bits per heavy atom. The Morgan fingerprint density at radius 3 is 2.00 bits per heavy atom. The van der Waals surface area contributed by atoms with Gasteiger partial charge in [-0.05, 0) is 17.7 Å². The molecule has 0 aliphatic heterocycles. The molecular weight excluding hydrogens is 368 g/mol. The molecule has 0 atom stereocenters. The highest BCUT2D eigenvalue weighted by Crippen LogP contribution is 2.24. The van der Waals surface area contributed by atoms with Crippen LogP contribution >= 0.6 is 0 Å². The number of hydrogen-bond donors (Lipinski definition) is 0. The molecule has 0 radical (unpaired) electrons. The van der Waals surface area contributed by atoms with Crippen molar-refractivity contribution in [3.05, 3.63) is 108 Å². The summed E-state index contributed by atoms with van der Waals surface area (Å²) in [6.07, 6.45) is 0. The van der Waals surface area contributed by atoms with Crippen molar-refractivity contribution in [1.82, 2.24) is 9.97 Å². The number of nitrogens with zero attached hydrogens (tertiary/aromatic N) is 2. The number of para-hydroxylation sites is 1. The molecule has 0 spiro atoms. The Balaban J connectivity index is 1.83. The van der Waals surface area contributed by atoms with Crippen molar-refractivity contribution >= 4 is 16.1 Å². The fraction of sp³-hybridized carbons (Fsp3) is 0. The van der Waals surface area contributed by atoms with Crippen molar-refractivity contribution in [1.29, 1.82) is 0 Å². The summed E-state index contributed by atoms with van der Waals surface area (Å²) in [6, 6.07) is 30.2. The molecule has 5 heteroatoms. The highest BCUT2D eigenvalue weighted by atomic mass is 32.1. The predicted octanol–water partition coefficient (Wildman–Crippen LogP) is 4.72. The summed E-state index contributed by atoms with van der Waals surface area (Å²) >= 11 is 0.416. The van der Waals surface area contributed by atoms with Gasteiger partial charge >= 0.3 is 0 Å². The van der Waals surface area contributed by atoms with E-state index in [1.807, 2.05) is 91.0 Å². The van der Waals surface area contributed by atoms with E-state index in [-0.39, 0.29) is 0 Å². The van der Waals surface area contributed by atoms with Gasteiger partial charge < -0.3 is 4.74 Å². The van der Waals surface area contributed by atoms with E-state index in [0.717, 1.165) is 11.1 Å². The Bertz CT molecular complexity index is 1130. The van der Waals surface area contributed by atoms with Crippen molar-refractivity contribution in [2.45, 2.75) is 0 Å². The van der Waals surface area contributed by atoms with Gasteiger partial charge in [0.05, 0.1) is 16.9 Å². The van der Waals surface area contributed by atoms with Gasteiger partial charge in [0.2, 0.25) is 5.88 Å². The maximum Gasteiger partial charge on any atom is 0.223 e. The van der Waals surface area contributed by atoms with Crippen LogP contribution in [0.1, 0.15) is 11.3 Å². The van der Waals surface area contributed by atoms with E-state index >= 15 is 0 Å². The lowest BCUT2D eigenvalue weighted by atomic mass is 10.1. The molecule has 136 valence electrons. The fourth-order valence-electron chi connectivity index (χ4n) is 2.75. The number of rotatable bonds is 5. The second-order valence-corrected chi connectivity index (χ2v) is 6.55. The molecule has 0 N–H and O–H groups in total. The molecule has 0 saturated heterocycles. The van der Waals surface area contributed by atoms with Gasteiger partial charge in [0.15, 0.2) is 5.82 Å². The second kappa shape index (κ2) is 8.41. The van der Waals surface area contributed by atoms with Crippen LogP contribution in [-0.4, -0.2) is 19.0 Å². The summed E-state index contributed by atoms with van der Waals surface area (Å²) in [5.41, 5.74) is 2.20. The Labute approximate surface area is 166 Å². The summed E-state index contributed by atoms with van der Waals surface area (Å²) < 4.78 is 17.9. The van der Waals surface area contributed by atoms with Crippen molar-refractivity contribution in [3.63, 3.8) is 0 Å². The first-order chi connectivity index (χ1) is 13.8. The normalized spacial score (nSPS) is 10.3. The molecular formula is C23H16N2O2S. The molecule has 0 unspecified atom stereocenters. The Hall–Kier alpha value is -3.57. The molecule has 4 rings (SSSR count). The van der Waals surface area contributed by atoms with Gasteiger partial charge in [-0.25, -0.2) is 9.19 Å². The van der Waals surface area contributed by atoms with Crippen LogP contribution in [0.25, 0.3) is 11.4 Å². The Morgan fingerprint density at radius 2 is 1.36 bits per heavy atom. The zero-order valence-corrected chi connectivity index (χ0v) is 15.7. The smallest absolute Gasteiger partial charge is 0.223 e. The quantitative estimate of drug-likeness (QED) is 0.369. The van der Waals surface area contributed by atoms with Crippen molar-refractivity contribution < 1.29 is 8.95 Å². The van der Waals surface area contributed by atoms with Crippen LogP contribution in [0.3, 0.4) is 0 Å². The van der Waals surface area contributed by atoms with Crippen LogP contribution in [0.4, 0.5) is 0 Å². The van der Waals surface area contributed by atoms with Gasteiger partial charge in [0, 0.05) is 11.6 Å². The van der Waals surface area contributed by atoms with Crippen LogP contribution in [0.5, 0.6) is 11.6 Å². The molecule has 4 aromatic rings. The number of hydrogen-bond acceptors (Lipinski definition) is 4. The van der Waals surface area contributed by atoms with Crippen LogP contribution < -0.4 is 4.74 Å². The summed E-state index contributed by atoms with van der Waals surface area (Å²) in [4.78, 5) is 9.72. The van der Waals surface area contributed by atoms with Crippen LogP contribution in [-0.2, 0) is 11.3 Å². The SMILES string of the molecule is O=S=C(c1ccccc1)c1cc(Oc2ccccc2)nc(-c2ccccc2)n1. The lowest BCUT2D eigenvalue weighted by Gasteiger charge is -2.10. The average molecular weight is 384 g/mol. The first-order valence-corrected chi connectivity index (χ1v) is 9.47. The molecule has 0 saturated carbocycles. The number of aromatic nitrogens is 2. The monoisotopic (exact) mass is 384 g/mol. The van der Waals surface area contributed by atoms with E-state index in [4.69, 9.17) is 4.74 Å². The van der Waals surface area contributed by atoms with E-state index in [0.29, 0.717) is 39.3 Å². The highest BCUT2D eigenvalue weighted by molar-refractivity contribution is 7.67. The third-order valence-corrected chi connectivity index (χ3v) is 4.66. The molecule has 28 heavy (non-hydrogen) atoms. The van der Waals surface area contributed by atoms with Crippen LogP contribution in [0, 0.1) is 0 Å². The molecule has 0 fully saturated rings. The lowest BCUT2D eigenvalue weighted by Crippen LogP contribution is -2.08. The van der Waals surface area contributed by atoms with Gasteiger partial charge in [-0.3, -0.25) is 0 Å². The third kappa shape index (κ3) is 4.05. The predicted molar refractivity (Wildman–Crippen MR) is 112 cm³/mol. The molecule has 4 nitrogen and oxygen atoms in total. The van der Waals surface area contributed by atoms with Gasteiger partial charge in [-0.2, -0.15) is 4.98 Å². The van der Waals surface area contributed by atoms with Gasteiger partial charge in [-0.15, -0.1) is 0 Å². The molecule has 0 aliphatic carbocycles. The summed E-state index contributed by atoms with van der Waals surface area (Å²) in [7, 11) is 0. The van der Waals surface area contributed by atoms with Crippen LogP contribution in [0.15, 0.2) is 97.1 Å². The van der Waals surface area contributed by atoms with Crippen molar-refractivity contribution in [2.24, 2.45) is 0 Å². The molecule has 1 heterocycles. The second-order valence-electron chi connectivity index (χ2n) is 5.97. The minimum Gasteiger partial charge on any atom is -0.439 e. The van der Waals surface area contributed by atoms with E-state index < -0.39 is 0 Å². The molecule has 0 bridgehead atoms. The van der Waals surface area contributed by atoms with Crippen molar-refractivity contribution in [3.8, 4) is 23.0 Å². The van der Waals surface area contributed by atoms with E-state index in [1.54, 1.807) is 6.07 Å². The molecule has 0 aliphatic rings. The highest BCUT2D eigenvalue weighted by Gasteiger charge is 2.14. The van der Waals surface area contributed by atoms with E-state index in [2.05, 4.69) is 9.97 Å². The first-order valence-electron chi connectivity index (χ1n) is 8.73. The maximum atomic E-state index is 11.9. The summed E-state index contributed by atoms with van der Waals surface area (Å²) in [5.74, 6) is 1.56. The average Bonchev–Trinajstić information content (AvgIpc) is 2.76. The standard InChI is InChI=1S/C23H16N2O2S/c26-28-22(17-10-4-1-5-11-17)20-16-21(27-19-14-8-3-9-15-19)25-23(24-20)18-12-6-2-7-13-18/h1-16H. The fourth-order valence-corrected chi connectivity index (χ4v) is 3.17. The number of ether oxygens (including phenoxy) is 1. The van der Waals surface area contributed by atoms with E-state index in [9.17, 15) is 4.21 Å². The largest absolute Gasteiger partial charge is 0.439 e. The molecule has 0 amide bonds. The van der Waals surface area contributed by atoms with Crippen molar-refractivity contribution in [2.75, 3.05) is 0 Å². The molecule has 1 aromatic heterocycles. The first kappa shape index (κ1) is 17.8. The minimum atomic E-state index is 0.387. The van der Waals surface area contributed by atoms with Gasteiger partial charge in [0.1, 0.15) is 10.6 Å². The summed E-state index contributed by atoms with van der Waals surface area (Å²) in [5, 5.41) is 0. The van der Waals surface area contributed by atoms with E-state index in [1.165, 1.54) is 0 Å². The van der Waals surface area contributed by atoms with Crippen LogP contribution in [0.2, 0.25) is 0 Å². The third-order valence-electron chi connectivity index (χ3n) is 4.05. The maximum absolute atomic E-state index is 11.9. The summed E-state index contributed by atoms with van der Waals surface area (Å²) in [6.45, 7) is 0. The topological polar surface area (TPSA) is 52.1 Å². The zero-order chi connectivity index (χ0) is 19.2. The van der Waals surface area contributed by atoms with Gasteiger partial charge in [0.25, 0.3) is 0 Å². The number of benzene rings is 3. The molecule has 3 aromatic carbocycles.